The highest BCUT2D eigenvalue weighted by Gasteiger charge is 2.23. The van der Waals surface area contributed by atoms with E-state index in [1.165, 1.54) is 16.8 Å². The molecular weight excluding hydrogens is 328 g/mol. The van der Waals surface area contributed by atoms with Crippen LogP contribution in [-0.2, 0) is 19.5 Å². The molecule has 2 aliphatic rings. The lowest BCUT2D eigenvalue weighted by atomic mass is 10.0. The zero-order valence-electron chi connectivity index (χ0n) is 15.5. The smallest absolute Gasteiger partial charge is 0.161 e. The number of nitrogens with zero attached hydrogens (tertiary/aromatic N) is 3. The molecule has 0 spiro atoms. The highest BCUT2D eigenvalue weighted by atomic mass is 16.5. The van der Waals surface area contributed by atoms with Crippen LogP contribution in [-0.4, -0.2) is 48.7 Å². The summed E-state index contributed by atoms with van der Waals surface area (Å²) in [4.78, 5) is 12.0. The lowest BCUT2D eigenvalue weighted by Gasteiger charge is -2.28. The average Bonchev–Trinajstić information content (AvgIpc) is 3.22. The number of ether oxygens (including phenoxy) is 2. The van der Waals surface area contributed by atoms with Gasteiger partial charge in [-0.25, -0.2) is 9.97 Å². The van der Waals surface area contributed by atoms with Crippen molar-refractivity contribution in [2.45, 2.75) is 31.8 Å². The summed E-state index contributed by atoms with van der Waals surface area (Å²) in [5, 5.41) is 3.40. The Morgan fingerprint density at radius 3 is 2.88 bits per heavy atom. The van der Waals surface area contributed by atoms with Crippen molar-refractivity contribution in [1.29, 1.82) is 0 Å². The van der Waals surface area contributed by atoms with Gasteiger partial charge in [-0.3, -0.25) is 4.90 Å². The molecule has 2 aromatic rings. The molecule has 0 aliphatic carbocycles. The fourth-order valence-electron chi connectivity index (χ4n) is 3.83. The third-order valence-electron chi connectivity index (χ3n) is 5.31. The summed E-state index contributed by atoms with van der Waals surface area (Å²) in [6.07, 6.45) is 4.17. The minimum absolute atomic E-state index is 0.477. The van der Waals surface area contributed by atoms with Gasteiger partial charge < -0.3 is 14.8 Å². The minimum Gasteiger partial charge on any atom is -0.493 e. The fourth-order valence-corrected chi connectivity index (χ4v) is 3.83. The second-order valence-electron chi connectivity index (χ2n) is 7.04. The molecule has 1 unspecified atom stereocenters. The summed E-state index contributed by atoms with van der Waals surface area (Å²) in [5.74, 6) is 3.04. The van der Waals surface area contributed by atoms with Crippen molar-refractivity contribution in [3.63, 3.8) is 0 Å². The van der Waals surface area contributed by atoms with Crippen molar-refractivity contribution >= 4 is 0 Å². The van der Waals surface area contributed by atoms with Crippen molar-refractivity contribution < 1.29 is 9.47 Å². The third kappa shape index (κ3) is 3.52. The topological polar surface area (TPSA) is 59.5 Å². The van der Waals surface area contributed by atoms with Crippen LogP contribution in [0, 0.1) is 0 Å². The second kappa shape index (κ2) is 7.60. The molecule has 0 saturated carbocycles. The zero-order chi connectivity index (χ0) is 17.9. The molecule has 1 saturated heterocycles. The Balaban J connectivity index is 1.45. The van der Waals surface area contributed by atoms with Gasteiger partial charge in [0, 0.05) is 56.0 Å². The molecule has 26 heavy (non-hydrogen) atoms. The van der Waals surface area contributed by atoms with Crippen LogP contribution in [0.1, 0.15) is 35.0 Å². The van der Waals surface area contributed by atoms with E-state index in [2.05, 4.69) is 27.3 Å². The molecule has 4 rings (SSSR count). The Kier molecular flexibility index (Phi) is 5.04. The molecule has 1 fully saturated rings. The summed E-state index contributed by atoms with van der Waals surface area (Å²) >= 11 is 0. The maximum absolute atomic E-state index is 5.42. The molecule has 6 heteroatoms. The Bertz CT molecular complexity index is 774. The van der Waals surface area contributed by atoms with Gasteiger partial charge in [0.1, 0.15) is 5.82 Å². The van der Waals surface area contributed by atoms with Crippen molar-refractivity contribution in [3.05, 3.63) is 47.0 Å². The largest absolute Gasteiger partial charge is 0.493 e. The number of nitrogens with one attached hydrogen (secondary N) is 1. The van der Waals surface area contributed by atoms with Gasteiger partial charge in [-0.15, -0.1) is 0 Å². The highest BCUT2D eigenvalue weighted by molar-refractivity contribution is 5.42. The Morgan fingerprint density at radius 2 is 2.12 bits per heavy atom. The zero-order valence-corrected chi connectivity index (χ0v) is 15.5. The van der Waals surface area contributed by atoms with Gasteiger partial charge in [-0.05, 0) is 30.7 Å². The molecule has 138 valence electrons. The first-order valence-electron chi connectivity index (χ1n) is 9.25. The van der Waals surface area contributed by atoms with E-state index in [9.17, 15) is 0 Å². The van der Waals surface area contributed by atoms with Gasteiger partial charge in [0.2, 0.25) is 0 Å². The van der Waals surface area contributed by atoms with Crippen molar-refractivity contribution in [3.8, 4) is 11.5 Å². The van der Waals surface area contributed by atoms with Gasteiger partial charge in [0.15, 0.2) is 11.5 Å². The van der Waals surface area contributed by atoms with Crippen LogP contribution in [0.15, 0.2) is 24.4 Å². The molecule has 0 amide bonds. The van der Waals surface area contributed by atoms with E-state index in [1.807, 2.05) is 12.3 Å². The van der Waals surface area contributed by atoms with E-state index >= 15 is 0 Å². The van der Waals surface area contributed by atoms with Gasteiger partial charge in [-0.1, -0.05) is 6.07 Å². The first-order chi connectivity index (χ1) is 12.8. The van der Waals surface area contributed by atoms with Gasteiger partial charge >= 0.3 is 0 Å². The first kappa shape index (κ1) is 17.2. The van der Waals surface area contributed by atoms with Gasteiger partial charge in [0.25, 0.3) is 0 Å². The minimum atomic E-state index is 0.477. The maximum Gasteiger partial charge on any atom is 0.161 e. The number of fused-ring (bicyclic) bond motifs is 1. The number of rotatable bonds is 5. The number of hydrogen-bond donors (Lipinski definition) is 1. The summed E-state index contributed by atoms with van der Waals surface area (Å²) < 4.78 is 10.7. The number of hydrogen-bond acceptors (Lipinski definition) is 6. The summed E-state index contributed by atoms with van der Waals surface area (Å²) in [6, 6.07) is 6.13. The number of aromatic nitrogens is 2. The lowest BCUT2D eigenvalue weighted by molar-refractivity contribution is 0.242. The molecule has 1 atom stereocenters. The predicted molar refractivity (Wildman–Crippen MR) is 99.6 cm³/mol. The molecule has 0 radical (unpaired) electrons. The van der Waals surface area contributed by atoms with Crippen LogP contribution < -0.4 is 14.8 Å². The van der Waals surface area contributed by atoms with Crippen LogP contribution in [0.5, 0.6) is 11.5 Å². The van der Waals surface area contributed by atoms with Crippen molar-refractivity contribution in [2.75, 3.05) is 33.9 Å². The Morgan fingerprint density at radius 1 is 1.23 bits per heavy atom. The van der Waals surface area contributed by atoms with Crippen LogP contribution in [0.2, 0.25) is 0 Å². The molecule has 2 aliphatic heterocycles. The molecule has 1 N–H and O–H groups in total. The third-order valence-corrected chi connectivity index (χ3v) is 5.31. The van der Waals surface area contributed by atoms with Crippen molar-refractivity contribution in [2.24, 2.45) is 0 Å². The maximum atomic E-state index is 5.42. The van der Waals surface area contributed by atoms with E-state index in [-0.39, 0.29) is 0 Å². The predicted octanol–water partition coefficient (Wildman–Crippen LogP) is 2.13. The molecule has 0 bridgehead atoms. The lowest BCUT2D eigenvalue weighted by Crippen LogP contribution is -2.31. The first-order valence-corrected chi connectivity index (χ1v) is 9.25. The monoisotopic (exact) mass is 354 g/mol. The van der Waals surface area contributed by atoms with Gasteiger partial charge in [0.05, 0.1) is 14.2 Å². The normalized spacial score (nSPS) is 20.0. The molecule has 1 aromatic carbocycles. The van der Waals surface area contributed by atoms with E-state index in [4.69, 9.17) is 14.5 Å². The average molecular weight is 354 g/mol. The standard InChI is InChI=1S/C20H26N4O2/c1-25-18-4-3-14(9-19(18)26-2)12-24-8-6-17-16(13-24)11-22-20(23-17)15-5-7-21-10-15/h3-4,9,11,15,21H,5-8,10,12-13H2,1-2H3. The van der Waals surface area contributed by atoms with Crippen LogP contribution in [0.4, 0.5) is 0 Å². The second-order valence-corrected chi connectivity index (χ2v) is 7.04. The van der Waals surface area contributed by atoms with Crippen LogP contribution in [0.25, 0.3) is 0 Å². The molecule has 1 aromatic heterocycles. The molecular formula is C20H26N4O2. The van der Waals surface area contributed by atoms with E-state index < -0.39 is 0 Å². The van der Waals surface area contributed by atoms with Gasteiger partial charge in [-0.2, -0.15) is 0 Å². The van der Waals surface area contributed by atoms with Crippen LogP contribution >= 0.6 is 0 Å². The summed E-state index contributed by atoms with van der Waals surface area (Å²) in [5.41, 5.74) is 3.71. The SMILES string of the molecule is COc1ccc(CN2CCc3nc(C4CCNC4)ncc3C2)cc1OC. The van der Waals surface area contributed by atoms with Crippen LogP contribution in [0.3, 0.4) is 0 Å². The summed E-state index contributed by atoms with van der Waals surface area (Å²) in [7, 11) is 3.34. The Labute approximate surface area is 154 Å². The Hall–Kier alpha value is -2.18. The number of methoxy groups -OCH3 is 2. The van der Waals surface area contributed by atoms with E-state index in [1.54, 1.807) is 14.2 Å². The molecule has 6 nitrogen and oxygen atoms in total. The fraction of sp³-hybridized carbons (Fsp3) is 0.500. The molecule has 3 heterocycles. The number of benzene rings is 1. The highest BCUT2D eigenvalue weighted by Crippen LogP contribution is 2.29. The van der Waals surface area contributed by atoms with Crippen molar-refractivity contribution in [1.82, 2.24) is 20.2 Å². The summed E-state index contributed by atoms with van der Waals surface area (Å²) in [6.45, 7) is 4.87. The van der Waals surface area contributed by atoms with E-state index in [0.717, 1.165) is 62.9 Å². The quantitative estimate of drug-likeness (QED) is 0.888. The van der Waals surface area contributed by atoms with E-state index in [0.29, 0.717) is 5.92 Å².